The number of hydrogen-bond acceptors (Lipinski definition) is 6. The Labute approximate surface area is 119 Å². The Balaban J connectivity index is 2.02. The van der Waals surface area contributed by atoms with Crippen molar-refractivity contribution in [3.8, 4) is 0 Å². The van der Waals surface area contributed by atoms with Crippen LogP contribution in [0, 0.1) is 10.1 Å². The van der Waals surface area contributed by atoms with E-state index in [4.69, 9.17) is 11.6 Å². The van der Waals surface area contributed by atoms with E-state index in [1.54, 1.807) is 24.4 Å². The van der Waals surface area contributed by atoms with E-state index in [0.717, 1.165) is 6.20 Å². The first-order valence-corrected chi connectivity index (χ1v) is 6.08. The maximum atomic E-state index is 10.6. The van der Waals surface area contributed by atoms with Gasteiger partial charge in [0.1, 0.15) is 18.1 Å². The van der Waals surface area contributed by atoms with Crippen LogP contribution in [0.25, 0.3) is 0 Å². The van der Waals surface area contributed by atoms with Gasteiger partial charge >= 0.3 is 0 Å². The molecule has 2 aromatic rings. The molecular formula is C12H11ClN4O3. The highest BCUT2D eigenvalue weighted by molar-refractivity contribution is 6.33. The molecular weight excluding hydrogens is 284 g/mol. The number of hydrogen-bond donors (Lipinski definition) is 2. The molecule has 0 fully saturated rings. The van der Waals surface area contributed by atoms with Crippen LogP contribution >= 0.6 is 11.6 Å². The lowest BCUT2D eigenvalue weighted by molar-refractivity contribution is -0.385. The van der Waals surface area contributed by atoms with E-state index < -0.39 is 11.0 Å². The summed E-state index contributed by atoms with van der Waals surface area (Å²) in [6, 6.07) is 6.41. The molecule has 0 spiro atoms. The van der Waals surface area contributed by atoms with Crippen LogP contribution in [0.1, 0.15) is 11.8 Å². The van der Waals surface area contributed by atoms with Gasteiger partial charge in [0.25, 0.3) is 5.69 Å². The van der Waals surface area contributed by atoms with Crippen LogP contribution in [-0.2, 0) is 0 Å². The molecule has 0 bridgehead atoms. The summed E-state index contributed by atoms with van der Waals surface area (Å²) in [5.41, 5.74) is 0.323. The lowest BCUT2D eigenvalue weighted by atomic mass is 10.2. The number of nitrogens with zero attached hydrogens (tertiary/aromatic N) is 3. The van der Waals surface area contributed by atoms with Crippen molar-refractivity contribution in [1.29, 1.82) is 0 Å². The van der Waals surface area contributed by atoms with Gasteiger partial charge in [-0.05, 0) is 12.1 Å². The largest absolute Gasteiger partial charge is 0.385 e. The Hall–Kier alpha value is -2.25. The second-order valence-electron chi connectivity index (χ2n) is 3.93. The summed E-state index contributed by atoms with van der Waals surface area (Å²) in [6.07, 6.45) is 1.85. The maximum Gasteiger partial charge on any atom is 0.289 e. The Morgan fingerprint density at radius 1 is 1.45 bits per heavy atom. The second kappa shape index (κ2) is 6.27. The first-order valence-electron chi connectivity index (χ1n) is 5.70. The van der Waals surface area contributed by atoms with Crippen molar-refractivity contribution in [2.24, 2.45) is 0 Å². The molecule has 2 aromatic heterocycles. The number of halogens is 1. The Morgan fingerprint density at radius 3 is 2.85 bits per heavy atom. The summed E-state index contributed by atoms with van der Waals surface area (Å²) >= 11 is 5.88. The minimum absolute atomic E-state index is 0.118. The number of pyridine rings is 2. The molecule has 0 amide bonds. The molecule has 0 aliphatic rings. The van der Waals surface area contributed by atoms with Gasteiger partial charge in [0.2, 0.25) is 0 Å². The van der Waals surface area contributed by atoms with Gasteiger partial charge in [-0.25, -0.2) is 4.98 Å². The molecule has 0 radical (unpaired) electrons. The Morgan fingerprint density at radius 2 is 2.25 bits per heavy atom. The highest BCUT2D eigenvalue weighted by atomic mass is 35.5. The van der Waals surface area contributed by atoms with Gasteiger partial charge in [-0.1, -0.05) is 17.7 Å². The number of aliphatic hydroxyl groups is 1. The van der Waals surface area contributed by atoms with Crippen molar-refractivity contribution in [3.05, 3.63) is 57.5 Å². The molecule has 2 rings (SSSR count). The van der Waals surface area contributed by atoms with Crippen molar-refractivity contribution >= 4 is 23.1 Å². The number of aliphatic hydroxyl groups excluding tert-OH is 1. The summed E-state index contributed by atoms with van der Waals surface area (Å²) in [5.74, 6) is 0.271. The first kappa shape index (κ1) is 14.2. The predicted molar refractivity (Wildman–Crippen MR) is 73.6 cm³/mol. The fourth-order valence-corrected chi connectivity index (χ4v) is 1.76. The monoisotopic (exact) mass is 294 g/mol. The van der Waals surface area contributed by atoms with E-state index in [2.05, 4.69) is 15.3 Å². The van der Waals surface area contributed by atoms with E-state index in [0.29, 0.717) is 5.69 Å². The normalized spacial score (nSPS) is 11.9. The van der Waals surface area contributed by atoms with Gasteiger partial charge in [0, 0.05) is 18.8 Å². The number of rotatable bonds is 5. The van der Waals surface area contributed by atoms with Crippen molar-refractivity contribution in [3.63, 3.8) is 0 Å². The average molecular weight is 295 g/mol. The van der Waals surface area contributed by atoms with Crippen LogP contribution in [0.4, 0.5) is 11.5 Å². The third kappa shape index (κ3) is 3.40. The topological polar surface area (TPSA) is 101 Å². The van der Waals surface area contributed by atoms with Crippen molar-refractivity contribution < 1.29 is 10.0 Å². The van der Waals surface area contributed by atoms with Crippen molar-refractivity contribution in [2.45, 2.75) is 6.10 Å². The number of nitrogens with one attached hydrogen (secondary N) is 1. The van der Waals surface area contributed by atoms with Gasteiger partial charge < -0.3 is 10.4 Å². The van der Waals surface area contributed by atoms with Crippen molar-refractivity contribution in [2.75, 3.05) is 11.9 Å². The Kier molecular flexibility index (Phi) is 4.44. The van der Waals surface area contributed by atoms with Crippen LogP contribution < -0.4 is 5.32 Å². The van der Waals surface area contributed by atoms with E-state index >= 15 is 0 Å². The number of anilines is 1. The van der Waals surface area contributed by atoms with E-state index in [1.165, 1.54) is 6.07 Å². The summed E-state index contributed by atoms with van der Waals surface area (Å²) < 4.78 is 0. The van der Waals surface area contributed by atoms with Crippen LogP contribution in [-0.4, -0.2) is 26.5 Å². The summed E-state index contributed by atoms with van der Waals surface area (Å²) in [5, 5.41) is 23.4. The lowest BCUT2D eigenvalue weighted by Crippen LogP contribution is -2.14. The van der Waals surface area contributed by atoms with Crippen molar-refractivity contribution in [1.82, 2.24) is 9.97 Å². The van der Waals surface area contributed by atoms with E-state index in [9.17, 15) is 15.2 Å². The molecule has 8 heteroatoms. The molecule has 0 aromatic carbocycles. The number of nitro groups is 1. The van der Waals surface area contributed by atoms with Crippen LogP contribution in [0.15, 0.2) is 36.7 Å². The molecule has 0 saturated carbocycles. The van der Waals surface area contributed by atoms with Crippen LogP contribution in [0.3, 0.4) is 0 Å². The first-order chi connectivity index (χ1) is 9.58. The third-order valence-corrected chi connectivity index (χ3v) is 2.82. The SMILES string of the molecule is O=[N+]([O-])c1cnc(NC[C@H](O)c2ccccn2)c(Cl)c1. The third-order valence-electron chi connectivity index (χ3n) is 2.53. The van der Waals surface area contributed by atoms with Gasteiger partial charge in [-0.2, -0.15) is 0 Å². The summed E-state index contributed by atoms with van der Waals surface area (Å²) in [6.45, 7) is 0.140. The molecule has 0 aliphatic carbocycles. The highest BCUT2D eigenvalue weighted by Crippen LogP contribution is 2.24. The molecule has 2 N–H and O–H groups in total. The minimum Gasteiger partial charge on any atom is -0.385 e. The zero-order valence-electron chi connectivity index (χ0n) is 10.2. The fourth-order valence-electron chi connectivity index (χ4n) is 1.53. The maximum absolute atomic E-state index is 10.6. The summed E-state index contributed by atoms with van der Waals surface area (Å²) in [4.78, 5) is 17.8. The quantitative estimate of drug-likeness (QED) is 0.647. The molecule has 0 unspecified atom stereocenters. The zero-order valence-corrected chi connectivity index (χ0v) is 11.0. The van der Waals surface area contributed by atoms with E-state index in [1.807, 2.05) is 0 Å². The number of aromatic nitrogens is 2. The van der Waals surface area contributed by atoms with Gasteiger partial charge in [0.05, 0.1) is 15.6 Å². The van der Waals surface area contributed by atoms with Crippen LogP contribution in [0.2, 0.25) is 5.02 Å². The molecule has 0 saturated heterocycles. The molecule has 104 valence electrons. The molecule has 20 heavy (non-hydrogen) atoms. The smallest absolute Gasteiger partial charge is 0.289 e. The van der Waals surface area contributed by atoms with Crippen LogP contribution in [0.5, 0.6) is 0 Å². The van der Waals surface area contributed by atoms with Gasteiger partial charge in [-0.3, -0.25) is 15.1 Å². The molecule has 1 atom stereocenters. The minimum atomic E-state index is -0.829. The average Bonchev–Trinajstić information content (AvgIpc) is 2.46. The standard InChI is InChI=1S/C12H11ClN4O3/c13-9-5-8(17(19)20)6-15-12(9)16-7-11(18)10-3-1-2-4-14-10/h1-6,11,18H,7H2,(H,15,16)/t11-/m0/s1. The van der Waals surface area contributed by atoms with Gasteiger partial charge in [-0.15, -0.1) is 0 Å². The highest BCUT2D eigenvalue weighted by Gasteiger charge is 2.13. The predicted octanol–water partition coefficient (Wildman–Crippen LogP) is 2.18. The Bertz CT molecular complexity index is 609. The lowest BCUT2D eigenvalue weighted by Gasteiger charge is -2.12. The van der Waals surface area contributed by atoms with E-state index in [-0.39, 0.29) is 23.1 Å². The van der Waals surface area contributed by atoms with Gasteiger partial charge in [0.15, 0.2) is 0 Å². The summed E-state index contributed by atoms with van der Waals surface area (Å²) in [7, 11) is 0. The zero-order chi connectivity index (χ0) is 14.5. The molecule has 7 nitrogen and oxygen atoms in total. The molecule has 2 heterocycles. The fraction of sp³-hybridized carbons (Fsp3) is 0.167. The second-order valence-corrected chi connectivity index (χ2v) is 4.34. The molecule has 0 aliphatic heterocycles.